The number of ether oxygens (including phenoxy) is 2. The fourth-order valence-corrected chi connectivity index (χ4v) is 1.48. The zero-order valence-corrected chi connectivity index (χ0v) is 11.4. The molecule has 0 aliphatic rings. The van der Waals surface area contributed by atoms with Crippen molar-refractivity contribution in [2.45, 2.75) is 26.5 Å². The molecule has 1 rings (SSSR count). The van der Waals surface area contributed by atoms with Gasteiger partial charge in [-0.05, 0) is 31.5 Å². The Hall–Kier alpha value is -1.88. The van der Waals surface area contributed by atoms with E-state index in [0.29, 0.717) is 12.2 Å². The fraction of sp³-hybridized carbons (Fsp3) is 0.429. The van der Waals surface area contributed by atoms with Crippen LogP contribution in [0.1, 0.15) is 29.8 Å². The fourth-order valence-electron chi connectivity index (χ4n) is 1.48. The predicted octanol–water partition coefficient (Wildman–Crippen LogP) is 1.51. The molecule has 0 saturated carbocycles. The van der Waals surface area contributed by atoms with E-state index in [4.69, 9.17) is 9.47 Å². The van der Waals surface area contributed by atoms with Gasteiger partial charge in [-0.3, -0.25) is 4.79 Å². The Kier molecular flexibility index (Phi) is 6.02. The lowest BCUT2D eigenvalue weighted by atomic mass is 10.1. The van der Waals surface area contributed by atoms with Crippen LogP contribution in [-0.2, 0) is 20.9 Å². The molecule has 0 aromatic heterocycles. The molecule has 0 aliphatic carbocycles. The normalized spacial score (nSPS) is 10.3. The van der Waals surface area contributed by atoms with Gasteiger partial charge in [0.25, 0.3) is 5.91 Å². The Labute approximate surface area is 112 Å². The van der Waals surface area contributed by atoms with Crippen LogP contribution in [0.25, 0.3) is 0 Å². The Morgan fingerprint density at radius 3 is 2.37 bits per heavy atom. The van der Waals surface area contributed by atoms with E-state index in [1.165, 1.54) is 0 Å². The third-order valence-electron chi connectivity index (χ3n) is 2.28. The van der Waals surface area contributed by atoms with Crippen molar-refractivity contribution in [2.75, 3.05) is 13.7 Å². The summed E-state index contributed by atoms with van der Waals surface area (Å²) in [6.07, 6.45) is 0. The van der Waals surface area contributed by atoms with Crippen molar-refractivity contribution in [3.05, 3.63) is 35.4 Å². The van der Waals surface area contributed by atoms with Crippen molar-refractivity contribution in [3.63, 3.8) is 0 Å². The number of hydrogen-bond donors (Lipinski definition) is 1. The molecule has 1 N–H and O–H groups in total. The van der Waals surface area contributed by atoms with Gasteiger partial charge in [-0.1, -0.05) is 12.1 Å². The minimum atomic E-state index is -0.511. The third kappa shape index (κ3) is 5.52. The number of carbonyl (C=O) groups is 2. The maximum Gasteiger partial charge on any atom is 0.338 e. The van der Waals surface area contributed by atoms with Crippen LogP contribution in [0.2, 0.25) is 0 Å². The highest BCUT2D eigenvalue weighted by molar-refractivity contribution is 5.91. The molecular weight excluding hydrogens is 246 g/mol. The highest BCUT2D eigenvalue weighted by Crippen LogP contribution is 2.06. The highest BCUT2D eigenvalue weighted by Gasteiger charge is 2.10. The Morgan fingerprint density at radius 2 is 1.84 bits per heavy atom. The van der Waals surface area contributed by atoms with E-state index in [9.17, 15) is 9.59 Å². The van der Waals surface area contributed by atoms with Crippen molar-refractivity contribution in [1.29, 1.82) is 0 Å². The molecule has 19 heavy (non-hydrogen) atoms. The number of rotatable bonds is 6. The molecular formula is C14H19NO4. The molecule has 0 unspecified atom stereocenters. The summed E-state index contributed by atoms with van der Waals surface area (Å²) in [6, 6.07) is 6.90. The van der Waals surface area contributed by atoms with Gasteiger partial charge in [0, 0.05) is 13.2 Å². The number of carbonyl (C=O) groups excluding carboxylic acids is 2. The van der Waals surface area contributed by atoms with Gasteiger partial charge in [-0.2, -0.15) is 0 Å². The van der Waals surface area contributed by atoms with Crippen molar-refractivity contribution < 1.29 is 19.1 Å². The van der Waals surface area contributed by atoms with Crippen LogP contribution >= 0.6 is 0 Å². The number of amides is 1. The lowest BCUT2D eigenvalue weighted by molar-refractivity contribution is -0.124. The van der Waals surface area contributed by atoms with Crippen LogP contribution < -0.4 is 5.32 Å². The molecule has 5 nitrogen and oxygen atoms in total. The first-order chi connectivity index (χ1) is 9.02. The quantitative estimate of drug-likeness (QED) is 0.792. The van der Waals surface area contributed by atoms with E-state index in [1.807, 2.05) is 13.8 Å². The molecule has 5 heteroatoms. The summed E-state index contributed by atoms with van der Waals surface area (Å²) in [4.78, 5) is 23.0. The van der Waals surface area contributed by atoms with Crippen LogP contribution in [0.4, 0.5) is 0 Å². The van der Waals surface area contributed by atoms with E-state index in [1.54, 1.807) is 31.4 Å². The number of nitrogens with one attached hydrogen (secondary N) is 1. The van der Waals surface area contributed by atoms with E-state index in [2.05, 4.69) is 5.32 Å². The Morgan fingerprint density at radius 1 is 1.21 bits per heavy atom. The van der Waals surface area contributed by atoms with Crippen LogP contribution in [0.5, 0.6) is 0 Å². The lowest BCUT2D eigenvalue weighted by Gasteiger charge is -2.09. The molecule has 0 saturated heterocycles. The van der Waals surface area contributed by atoms with Gasteiger partial charge in [-0.15, -0.1) is 0 Å². The van der Waals surface area contributed by atoms with E-state index < -0.39 is 5.97 Å². The SMILES string of the molecule is COCc1ccc(C(=O)OCC(=O)NC(C)C)cc1. The summed E-state index contributed by atoms with van der Waals surface area (Å²) in [5, 5.41) is 2.64. The van der Waals surface area contributed by atoms with E-state index in [-0.39, 0.29) is 18.6 Å². The van der Waals surface area contributed by atoms with Gasteiger partial charge < -0.3 is 14.8 Å². The summed E-state index contributed by atoms with van der Waals surface area (Å²) in [6.45, 7) is 3.91. The van der Waals surface area contributed by atoms with Gasteiger partial charge in [0.2, 0.25) is 0 Å². The first kappa shape index (κ1) is 15.2. The van der Waals surface area contributed by atoms with Gasteiger partial charge in [0.15, 0.2) is 6.61 Å². The van der Waals surface area contributed by atoms with Crippen molar-refractivity contribution in [1.82, 2.24) is 5.32 Å². The second kappa shape index (κ2) is 7.53. The van der Waals surface area contributed by atoms with Crippen molar-refractivity contribution in [2.24, 2.45) is 0 Å². The summed E-state index contributed by atoms with van der Waals surface area (Å²) in [5.41, 5.74) is 1.38. The molecule has 0 heterocycles. The zero-order chi connectivity index (χ0) is 14.3. The highest BCUT2D eigenvalue weighted by atomic mass is 16.5. The molecule has 1 aromatic rings. The first-order valence-electron chi connectivity index (χ1n) is 6.07. The molecule has 0 atom stereocenters. The smallest absolute Gasteiger partial charge is 0.338 e. The minimum absolute atomic E-state index is 0.0273. The third-order valence-corrected chi connectivity index (χ3v) is 2.28. The average molecular weight is 265 g/mol. The standard InChI is InChI=1S/C14H19NO4/c1-10(2)15-13(16)9-19-14(17)12-6-4-11(5-7-12)8-18-3/h4-7,10H,8-9H2,1-3H3,(H,15,16). The van der Waals surface area contributed by atoms with Crippen LogP contribution in [0.15, 0.2) is 24.3 Å². The van der Waals surface area contributed by atoms with Crippen molar-refractivity contribution >= 4 is 11.9 Å². The van der Waals surface area contributed by atoms with Crippen LogP contribution in [0.3, 0.4) is 0 Å². The number of benzene rings is 1. The first-order valence-corrected chi connectivity index (χ1v) is 6.07. The molecule has 0 fully saturated rings. The lowest BCUT2D eigenvalue weighted by Crippen LogP contribution is -2.33. The van der Waals surface area contributed by atoms with Gasteiger partial charge >= 0.3 is 5.97 Å². The summed E-state index contributed by atoms with van der Waals surface area (Å²) in [5.74, 6) is -0.817. The second-order valence-corrected chi connectivity index (χ2v) is 4.43. The van der Waals surface area contributed by atoms with E-state index in [0.717, 1.165) is 5.56 Å². The molecule has 1 amide bonds. The van der Waals surface area contributed by atoms with Gasteiger partial charge in [0.1, 0.15) is 0 Å². The summed E-state index contributed by atoms with van der Waals surface area (Å²) in [7, 11) is 1.61. The zero-order valence-electron chi connectivity index (χ0n) is 11.4. The Bertz CT molecular complexity index is 426. The second-order valence-electron chi connectivity index (χ2n) is 4.43. The minimum Gasteiger partial charge on any atom is -0.452 e. The molecule has 0 radical (unpaired) electrons. The molecule has 1 aromatic carbocycles. The monoisotopic (exact) mass is 265 g/mol. The molecule has 104 valence electrons. The van der Waals surface area contributed by atoms with Gasteiger partial charge in [-0.25, -0.2) is 4.79 Å². The Balaban J connectivity index is 2.47. The van der Waals surface area contributed by atoms with Crippen LogP contribution in [0, 0.1) is 0 Å². The average Bonchev–Trinajstić information content (AvgIpc) is 2.36. The van der Waals surface area contributed by atoms with E-state index >= 15 is 0 Å². The summed E-state index contributed by atoms with van der Waals surface area (Å²) >= 11 is 0. The number of esters is 1. The predicted molar refractivity (Wildman–Crippen MR) is 70.7 cm³/mol. The topological polar surface area (TPSA) is 64.6 Å². The molecule has 0 aliphatic heterocycles. The molecule has 0 spiro atoms. The van der Waals surface area contributed by atoms with Gasteiger partial charge in [0.05, 0.1) is 12.2 Å². The number of hydrogen-bond acceptors (Lipinski definition) is 4. The largest absolute Gasteiger partial charge is 0.452 e. The van der Waals surface area contributed by atoms with Crippen LogP contribution in [-0.4, -0.2) is 31.6 Å². The molecule has 0 bridgehead atoms. The number of methoxy groups -OCH3 is 1. The summed E-state index contributed by atoms with van der Waals surface area (Å²) < 4.78 is 9.88. The maximum absolute atomic E-state index is 11.7. The van der Waals surface area contributed by atoms with Crippen molar-refractivity contribution in [3.8, 4) is 0 Å². The maximum atomic E-state index is 11.7.